The predicted molar refractivity (Wildman–Crippen MR) is 94.7 cm³/mol. The Bertz CT molecular complexity index is 832. The summed E-state index contributed by atoms with van der Waals surface area (Å²) in [6.07, 6.45) is 0.244. The van der Waals surface area contributed by atoms with Crippen LogP contribution in [0, 0.1) is 0 Å². The normalized spacial score (nSPS) is 10.3. The van der Waals surface area contributed by atoms with Gasteiger partial charge in [0.15, 0.2) is 0 Å². The summed E-state index contributed by atoms with van der Waals surface area (Å²) in [7, 11) is 1.61. The summed E-state index contributed by atoms with van der Waals surface area (Å²) >= 11 is 0. The van der Waals surface area contributed by atoms with E-state index in [1.54, 1.807) is 7.11 Å². The van der Waals surface area contributed by atoms with E-state index in [0.717, 1.165) is 17.1 Å². The third-order valence-electron chi connectivity index (χ3n) is 3.59. The van der Waals surface area contributed by atoms with Gasteiger partial charge in [-0.1, -0.05) is 23.4 Å². The number of hydrogen-bond donors (Lipinski definition) is 1. The van der Waals surface area contributed by atoms with Gasteiger partial charge in [-0.05, 0) is 36.4 Å². The van der Waals surface area contributed by atoms with Crippen LogP contribution in [0.5, 0.6) is 11.5 Å². The first-order valence-corrected chi connectivity index (χ1v) is 8.16. The van der Waals surface area contributed by atoms with Gasteiger partial charge >= 0.3 is 0 Å². The molecule has 0 bridgehead atoms. The van der Waals surface area contributed by atoms with E-state index in [1.807, 2.05) is 54.6 Å². The first kappa shape index (κ1) is 17.5. The topological polar surface area (TPSA) is 86.5 Å². The minimum Gasteiger partial charge on any atom is -0.497 e. The van der Waals surface area contributed by atoms with Crippen molar-refractivity contribution in [2.45, 2.75) is 13.0 Å². The number of para-hydroxylation sites is 1. The smallest absolute Gasteiger partial charge is 0.246 e. The molecule has 3 aromatic rings. The van der Waals surface area contributed by atoms with Gasteiger partial charge < -0.3 is 19.3 Å². The second-order valence-electron chi connectivity index (χ2n) is 5.43. The van der Waals surface area contributed by atoms with Crippen LogP contribution in [0.25, 0.3) is 11.4 Å². The molecule has 1 aromatic heterocycles. The highest BCUT2D eigenvalue weighted by atomic mass is 16.5. The first-order chi connectivity index (χ1) is 12.7. The molecule has 1 heterocycles. The van der Waals surface area contributed by atoms with Gasteiger partial charge in [-0.3, -0.25) is 4.79 Å². The number of methoxy groups -OCH3 is 1. The summed E-state index contributed by atoms with van der Waals surface area (Å²) in [5.74, 6) is 2.14. The van der Waals surface area contributed by atoms with E-state index in [-0.39, 0.29) is 18.9 Å². The lowest BCUT2D eigenvalue weighted by atomic mass is 10.2. The van der Waals surface area contributed by atoms with Gasteiger partial charge in [0.1, 0.15) is 11.5 Å². The van der Waals surface area contributed by atoms with E-state index >= 15 is 0 Å². The van der Waals surface area contributed by atoms with Crippen LogP contribution in [0.3, 0.4) is 0 Å². The van der Waals surface area contributed by atoms with Crippen molar-refractivity contribution in [3.63, 3.8) is 0 Å². The number of amides is 1. The van der Waals surface area contributed by atoms with Crippen molar-refractivity contribution in [3.8, 4) is 22.9 Å². The average molecular weight is 353 g/mol. The Hall–Kier alpha value is -3.35. The molecule has 26 heavy (non-hydrogen) atoms. The van der Waals surface area contributed by atoms with E-state index < -0.39 is 0 Å². The lowest BCUT2D eigenvalue weighted by molar-refractivity contribution is -0.121. The summed E-state index contributed by atoms with van der Waals surface area (Å²) in [4.78, 5) is 16.1. The molecule has 0 aliphatic heterocycles. The highest BCUT2D eigenvalue weighted by Crippen LogP contribution is 2.19. The Morgan fingerprint density at radius 1 is 1.08 bits per heavy atom. The van der Waals surface area contributed by atoms with Crippen LogP contribution in [0.4, 0.5) is 0 Å². The highest BCUT2D eigenvalue weighted by Gasteiger charge is 2.10. The molecule has 134 valence electrons. The van der Waals surface area contributed by atoms with Crippen LogP contribution in [-0.4, -0.2) is 29.8 Å². The molecule has 7 nitrogen and oxygen atoms in total. The monoisotopic (exact) mass is 353 g/mol. The fourth-order valence-electron chi connectivity index (χ4n) is 2.22. The minimum atomic E-state index is -0.148. The van der Waals surface area contributed by atoms with Crippen LogP contribution in [-0.2, 0) is 11.3 Å². The number of aromatic nitrogens is 2. The molecule has 2 aromatic carbocycles. The van der Waals surface area contributed by atoms with Crippen molar-refractivity contribution in [2.24, 2.45) is 0 Å². The maximum absolute atomic E-state index is 11.9. The molecular weight excluding hydrogens is 334 g/mol. The van der Waals surface area contributed by atoms with Gasteiger partial charge in [0.25, 0.3) is 0 Å². The molecule has 0 spiro atoms. The van der Waals surface area contributed by atoms with Crippen molar-refractivity contribution in [3.05, 3.63) is 60.5 Å². The first-order valence-electron chi connectivity index (χ1n) is 8.16. The zero-order valence-electron chi connectivity index (χ0n) is 14.3. The van der Waals surface area contributed by atoms with E-state index in [2.05, 4.69) is 15.5 Å². The molecule has 0 saturated heterocycles. The molecule has 0 aliphatic carbocycles. The largest absolute Gasteiger partial charge is 0.497 e. The van der Waals surface area contributed by atoms with Crippen molar-refractivity contribution >= 4 is 5.91 Å². The number of hydrogen-bond acceptors (Lipinski definition) is 6. The number of nitrogens with zero attached hydrogens (tertiary/aromatic N) is 2. The van der Waals surface area contributed by atoms with Gasteiger partial charge in [0, 0.05) is 5.56 Å². The third-order valence-corrected chi connectivity index (χ3v) is 3.59. The minimum absolute atomic E-state index is 0.148. The average Bonchev–Trinajstić information content (AvgIpc) is 3.16. The summed E-state index contributed by atoms with van der Waals surface area (Å²) in [6, 6.07) is 16.7. The van der Waals surface area contributed by atoms with Crippen molar-refractivity contribution < 1.29 is 18.8 Å². The number of nitrogens with one attached hydrogen (secondary N) is 1. The Labute approximate surface area is 150 Å². The molecule has 0 fully saturated rings. The third kappa shape index (κ3) is 4.83. The van der Waals surface area contributed by atoms with Crippen LogP contribution < -0.4 is 14.8 Å². The molecule has 1 N–H and O–H groups in total. The molecule has 3 rings (SSSR count). The number of ether oxygens (including phenoxy) is 2. The van der Waals surface area contributed by atoms with Gasteiger partial charge in [-0.25, -0.2) is 0 Å². The molecule has 0 atom stereocenters. The number of rotatable bonds is 8. The zero-order valence-corrected chi connectivity index (χ0v) is 14.3. The summed E-state index contributed by atoms with van der Waals surface area (Å²) < 4.78 is 15.8. The Balaban J connectivity index is 1.44. The number of carbonyl (C=O) groups excluding carboxylic acids is 1. The Morgan fingerprint density at radius 3 is 2.58 bits per heavy atom. The lowest BCUT2D eigenvalue weighted by Gasteiger charge is -2.05. The van der Waals surface area contributed by atoms with Gasteiger partial charge in [0.05, 0.1) is 26.7 Å². The highest BCUT2D eigenvalue weighted by molar-refractivity contribution is 5.75. The van der Waals surface area contributed by atoms with E-state index in [1.165, 1.54) is 0 Å². The summed E-state index contributed by atoms with van der Waals surface area (Å²) in [5, 5.41) is 6.65. The second kappa shape index (κ2) is 8.66. The number of benzene rings is 2. The van der Waals surface area contributed by atoms with Crippen LogP contribution >= 0.6 is 0 Å². The fourth-order valence-corrected chi connectivity index (χ4v) is 2.22. The standard InChI is InChI=1S/C19H19N3O4/c1-24-15-9-7-14(8-10-15)19-21-18(26-22-19)13-20-17(23)11-12-25-16-5-3-2-4-6-16/h2-10H,11-13H2,1H3,(H,20,23). The van der Waals surface area contributed by atoms with Crippen molar-refractivity contribution in [2.75, 3.05) is 13.7 Å². The molecule has 0 radical (unpaired) electrons. The van der Waals surface area contributed by atoms with Crippen molar-refractivity contribution in [1.82, 2.24) is 15.5 Å². The SMILES string of the molecule is COc1ccc(-c2noc(CNC(=O)CCOc3ccccc3)n2)cc1. The maximum atomic E-state index is 11.9. The van der Waals surface area contributed by atoms with E-state index in [4.69, 9.17) is 14.0 Å². The zero-order chi connectivity index (χ0) is 18.2. The maximum Gasteiger partial charge on any atom is 0.246 e. The lowest BCUT2D eigenvalue weighted by Crippen LogP contribution is -2.24. The molecule has 0 unspecified atom stereocenters. The molecule has 1 amide bonds. The molecular formula is C19H19N3O4. The summed E-state index contributed by atoms with van der Waals surface area (Å²) in [6.45, 7) is 0.476. The molecule has 7 heteroatoms. The quantitative estimate of drug-likeness (QED) is 0.670. The predicted octanol–water partition coefficient (Wildman–Crippen LogP) is 2.83. The second-order valence-corrected chi connectivity index (χ2v) is 5.43. The fraction of sp³-hybridized carbons (Fsp3) is 0.211. The van der Waals surface area contributed by atoms with Gasteiger partial charge in [-0.15, -0.1) is 0 Å². The van der Waals surface area contributed by atoms with E-state index in [0.29, 0.717) is 18.3 Å². The number of carbonyl (C=O) groups is 1. The summed E-state index contributed by atoms with van der Waals surface area (Å²) in [5.41, 5.74) is 0.809. The molecule has 0 aliphatic rings. The van der Waals surface area contributed by atoms with E-state index in [9.17, 15) is 4.79 Å². The van der Waals surface area contributed by atoms with Crippen LogP contribution in [0.1, 0.15) is 12.3 Å². The van der Waals surface area contributed by atoms with Crippen LogP contribution in [0.2, 0.25) is 0 Å². The van der Waals surface area contributed by atoms with Crippen molar-refractivity contribution in [1.29, 1.82) is 0 Å². The van der Waals surface area contributed by atoms with Crippen LogP contribution in [0.15, 0.2) is 59.1 Å². The Kier molecular flexibility index (Phi) is 5.82. The molecule has 0 saturated carbocycles. The van der Waals surface area contributed by atoms with Gasteiger partial charge in [-0.2, -0.15) is 4.98 Å². The Morgan fingerprint density at radius 2 is 1.85 bits per heavy atom. The van der Waals surface area contributed by atoms with Gasteiger partial charge in [0.2, 0.25) is 17.6 Å².